The molecule has 1 aliphatic rings. The van der Waals surface area contributed by atoms with Crippen LogP contribution in [0.25, 0.3) is 0 Å². The number of hydrogen-bond acceptors (Lipinski definition) is 8. The van der Waals surface area contributed by atoms with E-state index < -0.39 is 54.6 Å². The van der Waals surface area contributed by atoms with Gasteiger partial charge in [0.05, 0.1) is 23.9 Å². The second-order valence-corrected chi connectivity index (χ2v) is 8.41. The standard InChI is InChI=1S/C21H36O8/c1-6-21(5,27)11-14(10-13(2)8-7-9-20(3,4)26)28-19-18(25)17(24)16(23)15(12-22)29-19/h6-7,9-10,14-19,22-27H,1,8,11-12H2,2-5H3/b9-7+,13-10+/t14-,15-,16-,17+,18-,19-,21?/m1/s1. The number of allylic oxidation sites excluding steroid dienone is 2. The quantitative estimate of drug-likeness (QED) is 0.277. The molecule has 0 radical (unpaired) electrons. The third kappa shape index (κ3) is 8.65. The van der Waals surface area contributed by atoms with Crippen molar-refractivity contribution in [1.29, 1.82) is 0 Å². The predicted octanol–water partition coefficient (Wildman–Crippen LogP) is 0.162. The Morgan fingerprint density at radius 3 is 2.28 bits per heavy atom. The van der Waals surface area contributed by atoms with Crippen molar-refractivity contribution in [3.05, 3.63) is 36.5 Å². The second kappa shape index (κ2) is 10.8. The number of aliphatic hydroxyl groups is 6. The van der Waals surface area contributed by atoms with Crippen LogP contribution in [0.5, 0.6) is 0 Å². The summed E-state index contributed by atoms with van der Waals surface area (Å²) < 4.78 is 11.2. The minimum atomic E-state index is -1.55. The van der Waals surface area contributed by atoms with Crippen LogP contribution >= 0.6 is 0 Å². The van der Waals surface area contributed by atoms with Crippen molar-refractivity contribution >= 4 is 0 Å². The molecule has 8 nitrogen and oxygen atoms in total. The fraction of sp³-hybridized carbons (Fsp3) is 0.714. The molecule has 168 valence electrons. The zero-order chi connectivity index (χ0) is 22.4. The van der Waals surface area contributed by atoms with Gasteiger partial charge in [-0.2, -0.15) is 0 Å². The Balaban J connectivity index is 2.98. The largest absolute Gasteiger partial charge is 0.394 e. The molecule has 0 spiro atoms. The van der Waals surface area contributed by atoms with Gasteiger partial charge in [-0.1, -0.05) is 29.9 Å². The van der Waals surface area contributed by atoms with Crippen molar-refractivity contribution < 1.29 is 40.1 Å². The Bertz CT molecular complexity index is 576. The maximum Gasteiger partial charge on any atom is 0.187 e. The maximum absolute atomic E-state index is 10.4. The first-order valence-corrected chi connectivity index (χ1v) is 9.69. The van der Waals surface area contributed by atoms with E-state index >= 15 is 0 Å². The zero-order valence-electron chi connectivity index (χ0n) is 17.6. The Kier molecular flexibility index (Phi) is 9.65. The van der Waals surface area contributed by atoms with Crippen LogP contribution in [0.3, 0.4) is 0 Å². The van der Waals surface area contributed by atoms with E-state index in [9.17, 15) is 30.6 Å². The van der Waals surface area contributed by atoms with Crippen molar-refractivity contribution in [2.24, 2.45) is 0 Å². The fourth-order valence-electron chi connectivity index (χ4n) is 2.91. The summed E-state index contributed by atoms with van der Waals surface area (Å²) in [4.78, 5) is 0. The molecule has 0 aromatic heterocycles. The van der Waals surface area contributed by atoms with Crippen molar-refractivity contribution in [3.8, 4) is 0 Å². The average Bonchev–Trinajstić information content (AvgIpc) is 2.60. The van der Waals surface area contributed by atoms with Gasteiger partial charge in [0, 0.05) is 6.42 Å². The molecule has 0 amide bonds. The Hall–Kier alpha value is -1.10. The summed E-state index contributed by atoms with van der Waals surface area (Å²) in [6.45, 7) is 9.77. The minimum absolute atomic E-state index is 0.0953. The number of ether oxygens (including phenoxy) is 2. The van der Waals surface area contributed by atoms with Crippen LogP contribution in [0.2, 0.25) is 0 Å². The van der Waals surface area contributed by atoms with Crippen molar-refractivity contribution in [2.45, 2.75) is 88.5 Å². The zero-order valence-corrected chi connectivity index (χ0v) is 17.6. The number of rotatable bonds is 10. The number of aliphatic hydroxyl groups excluding tert-OH is 4. The van der Waals surface area contributed by atoms with Gasteiger partial charge < -0.3 is 40.1 Å². The van der Waals surface area contributed by atoms with Gasteiger partial charge in [0.2, 0.25) is 0 Å². The summed E-state index contributed by atoms with van der Waals surface area (Å²) >= 11 is 0. The lowest BCUT2D eigenvalue weighted by atomic mass is 9.96. The van der Waals surface area contributed by atoms with Gasteiger partial charge in [-0.15, -0.1) is 6.58 Å². The third-order valence-corrected chi connectivity index (χ3v) is 4.65. The van der Waals surface area contributed by atoms with Crippen LogP contribution in [-0.2, 0) is 9.47 Å². The van der Waals surface area contributed by atoms with E-state index in [1.54, 1.807) is 32.9 Å². The molecule has 1 fully saturated rings. The molecule has 1 saturated heterocycles. The van der Waals surface area contributed by atoms with E-state index in [2.05, 4.69) is 6.58 Å². The summed E-state index contributed by atoms with van der Waals surface area (Å²) in [7, 11) is 0. The summed E-state index contributed by atoms with van der Waals surface area (Å²) in [6.07, 6.45) is -0.478. The molecule has 0 saturated carbocycles. The Labute approximate surface area is 172 Å². The van der Waals surface area contributed by atoms with Crippen molar-refractivity contribution in [2.75, 3.05) is 6.61 Å². The molecule has 6 N–H and O–H groups in total. The molecule has 7 atom stereocenters. The van der Waals surface area contributed by atoms with E-state index in [-0.39, 0.29) is 6.42 Å². The van der Waals surface area contributed by atoms with Gasteiger partial charge in [0.15, 0.2) is 6.29 Å². The van der Waals surface area contributed by atoms with Gasteiger partial charge >= 0.3 is 0 Å². The molecule has 0 aromatic carbocycles. The molecule has 1 rings (SSSR count). The van der Waals surface area contributed by atoms with Crippen LogP contribution in [-0.4, -0.2) is 85.3 Å². The SMILES string of the molecule is C=CC(C)(O)C[C@@H](/C=C(\C)C/C=C/C(C)(C)O)O[C@@H]1O[C@H](CO)[C@@H](O)[C@H](O)[C@H]1O. The van der Waals surface area contributed by atoms with E-state index in [1.165, 1.54) is 6.08 Å². The molecule has 1 heterocycles. The predicted molar refractivity (Wildman–Crippen MR) is 108 cm³/mol. The highest BCUT2D eigenvalue weighted by Gasteiger charge is 2.45. The van der Waals surface area contributed by atoms with Gasteiger partial charge in [0.1, 0.15) is 24.4 Å². The van der Waals surface area contributed by atoms with Crippen molar-refractivity contribution in [3.63, 3.8) is 0 Å². The second-order valence-electron chi connectivity index (χ2n) is 8.41. The van der Waals surface area contributed by atoms with E-state index in [1.807, 2.05) is 13.0 Å². The molecule has 0 aliphatic carbocycles. The van der Waals surface area contributed by atoms with E-state index in [0.717, 1.165) is 5.57 Å². The number of hydrogen-bond donors (Lipinski definition) is 6. The van der Waals surface area contributed by atoms with Gasteiger partial charge in [0.25, 0.3) is 0 Å². The topological polar surface area (TPSA) is 140 Å². The van der Waals surface area contributed by atoms with Gasteiger partial charge in [-0.25, -0.2) is 0 Å². The van der Waals surface area contributed by atoms with Crippen LogP contribution in [0.1, 0.15) is 40.5 Å². The lowest BCUT2D eigenvalue weighted by Crippen LogP contribution is -2.59. The first kappa shape index (κ1) is 25.9. The normalized spacial score (nSPS) is 32.2. The minimum Gasteiger partial charge on any atom is -0.394 e. The first-order chi connectivity index (χ1) is 13.3. The summed E-state index contributed by atoms with van der Waals surface area (Å²) in [5.74, 6) is 0. The Morgan fingerprint density at radius 1 is 1.14 bits per heavy atom. The van der Waals surface area contributed by atoms with E-state index in [0.29, 0.717) is 6.42 Å². The lowest BCUT2D eigenvalue weighted by Gasteiger charge is -2.41. The van der Waals surface area contributed by atoms with Crippen LogP contribution < -0.4 is 0 Å². The van der Waals surface area contributed by atoms with Crippen molar-refractivity contribution in [1.82, 2.24) is 0 Å². The molecule has 29 heavy (non-hydrogen) atoms. The van der Waals surface area contributed by atoms with E-state index in [4.69, 9.17) is 9.47 Å². The highest BCUT2D eigenvalue weighted by Crippen LogP contribution is 2.26. The lowest BCUT2D eigenvalue weighted by molar-refractivity contribution is -0.309. The van der Waals surface area contributed by atoms with Crippen LogP contribution in [0.15, 0.2) is 36.5 Å². The third-order valence-electron chi connectivity index (χ3n) is 4.65. The average molecular weight is 417 g/mol. The molecule has 1 unspecified atom stereocenters. The smallest absolute Gasteiger partial charge is 0.187 e. The summed E-state index contributed by atoms with van der Waals surface area (Å²) in [5.41, 5.74) is -1.32. The molecule has 0 aromatic rings. The van der Waals surface area contributed by atoms with Crippen LogP contribution in [0.4, 0.5) is 0 Å². The highest BCUT2D eigenvalue weighted by molar-refractivity contribution is 5.11. The molecule has 0 bridgehead atoms. The fourth-order valence-corrected chi connectivity index (χ4v) is 2.91. The van der Waals surface area contributed by atoms with Gasteiger partial charge in [-0.05, 0) is 34.1 Å². The molecular weight excluding hydrogens is 380 g/mol. The Morgan fingerprint density at radius 2 is 1.76 bits per heavy atom. The molecular formula is C21H36O8. The molecule has 8 heteroatoms. The summed E-state index contributed by atoms with van der Waals surface area (Å²) in [5, 5.41) is 59.5. The van der Waals surface area contributed by atoms with Gasteiger partial charge in [-0.3, -0.25) is 0 Å². The first-order valence-electron chi connectivity index (χ1n) is 9.69. The highest BCUT2D eigenvalue weighted by atomic mass is 16.7. The maximum atomic E-state index is 10.4. The monoisotopic (exact) mass is 416 g/mol. The van der Waals surface area contributed by atoms with Crippen LogP contribution in [0, 0.1) is 0 Å². The summed E-state index contributed by atoms with van der Waals surface area (Å²) in [6, 6.07) is 0. The molecule has 1 aliphatic heterocycles.